The molecule has 0 saturated carbocycles. The molecule has 0 bridgehead atoms. The predicted molar refractivity (Wildman–Crippen MR) is 101 cm³/mol. The van der Waals surface area contributed by atoms with E-state index in [9.17, 15) is 14.4 Å². The van der Waals surface area contributed by atoms with Crippen molar-refractivity contribution in [1.29, 1.82) is 0 Å². The van der Waals surface area contributed by atoms with Crippen LogP contribution in [0.1, 0.15) is 34.1 Å². The van der Waals surface area contributed by atoms with Crippen LogP contribution >= 0.6 is 0 Å². The third-order valence-electron chi connectivity index (χ3n) is 4.72. The summed E-state index contributed by atoms with van der Waals surface area (Å²) in [6, 6.07) is 14.9. The van der Waals surface area contributed by atoms with Gasteiger partial charge in [-0.2, -0.15) is 0 Å². The third-order valence-corrected chi connectivity index (χ3v) is 4.72. The average Bonchev–Trinajstić information content (AvgIpc) is 2.94. The molecule has 0 saturated heterocycles. The Hall–Kier alpha value is -3.54. The second kappa shape index (κ2) is 6.64. The first-order valence-corrected chi connectivity index (χ1v) is 8.73. The number of fused-ring (bicyclic) bond motifs is 2. The SMILES string of the molecule is CC[C@@H](C(=O)Nc1cccc2cccnc12)N1C(=O)c2ccccc2C1=O. The van der Waals surface area contributed by atoms with E-state index >= 15 is 0 Å². The molecule has 4 rings (SSSR count). The maximum atomic E-state index is 12.9. The van der Waals surface area contributed by atoms with E-state index in [1.165, 1.54) is 0 Å². The number of carbonyl (C=O) groups excluding carboxylic acids is 3. The summed E-state index contributed by atoms with van der Waals surface area (Å²) in [7, 11) is 0. The van der Waals surface area contributed by atoms with Gasteiger partial charge in [-0.3, -0.25) is 24.3 Å². The Morgan fingerprint density at radius 2 is 1.67 bits per heavy atom. The predicted octanol–water partition coefficient (Wildman–Crippen LogP) is 3.25. The summed E-state index contributed by atoms with van der Waals surface area (Å²) < 4.78 is 0. The van der Waals surface area contributed by atoms with Gasteiger partial charge < -0.3 is 5.32 Å². The minimum atomic E-state index is -0.892. The van der Waals surface area contributed by atoms with Crippen molar-refractivity contribution in [2.24, 2.45) is 0 Å². The van der Waals surface area contributed by atoms with Gasteiger partial charge in [0.1, 0.15) is 6.04 Å². The minimum Gasteiger partial charge on any atom is -0.322 e. The van der Waals surface area contributed by atoms with E-state index in [4.69, 9.17) is 0 Å². The fraction of sp³-hybridized carbons (Fsp3) is 0.143. The zero-order valence-electron chi connectivity index (χ0n) is 14.7. The summed E-state index contributed by atoms with van der Waals surface area (Å²) in [5.74, 6) is -1.28. The fourth-order valence-electron chi connectivity index (χ4n) is 3.40. The second-order valence-electron chi connectivity index (χ2n) is 6.32. The Kier molecular flexibility index (Phi) is 4.16. The second-order valence-corrected chi connectivity index (χ2v) is 6.32. The van der Waals surface area contributed by atoms with Gasteiger partial charge in [0, 0.05) is 11.6 Å². The number of benzene rings is 2. The average molecular weight is 359 g/mol. The van der Waals surface area contributed by atoms with Gasteiger partial charge in [-0.15, -0.1) is 0 Å². The van der Waals surface area contributed by atoms with Crippen molar-refractivity contribution in [1.82, 2.24) is 9.88 Å². The lowest BCUT2D eigenvalue weighted by atomic mass is 10.1. The number of pyridine rings is 1. The van der Waals surface area contributed by atoms with Gasteiger partial charge in [0.25, 0.3) is 11.8 Å². The minimum absolute atomic E-state index is 0.315. The number of imide groups is 1. The van der Waals surface area contributed by atoms with E-state index < -0.39 is 23.8 Å². The van der Waals surface area contributed by atoms with Crippen LogP contribution in [0.3, 0.4) is 0 Å². The zero-order chi connectivity index (χ0) is 19.0. The van der Waals surface area contributed by atoms with Gasteiger partial charge in [0.15, 0.2) is 0 Å². The van der Waals surface area contributed by atoms with E-state index in [-0.39, 0.29) is 0 Å². The molecule has 27 heavy (non-hydrogen) atoms. The lowest BCUT2D eigenvalue weighted by Crippen LogP contribution is -2.46. The first-order valence-electron chi connectivity index (χ1n) is 8.73. The van der Waals surface area contributed by atoms with E-state index in [2.05, 4.69) is 10.3 Å². The van der Waals surface area contributed by atoms with Crippen LogP contribution in [0.4, 0.5) is 5.69 Å². The van der Waals surface area contributed by atoms with Crippen molar-refractivity contribution < 1.29 is 14.4 Å². The highest BCUT2D eigenvalue weighted by atomic mass is 16.2. The normalized spacial score (nSPS) is 14.3. The molecule has 6 nitrogen and oxygen atoms in total. The summed E-state index contributed by atoms with van der Waals surface area (Å²) in [4.78, 5) is 43.7. The van der Waals surface area contributed by atoms with E-state index in [0.717, 1.165) is 10.3 Å². The molecule has 134 valence electrons. The molecule has 2 aromatic carbocycles. The highest BCUT2D eigenvalue weighted by Gasteiger charge is 2.41. The van der Waals surface area contributed by atoms with Crippen LogP contribution in [0, 0.1) is 0 Å². The van der Waals surface area contributed by atoms with Crippen LogP contribution in [-0.2, 0) is 4.79 Å². The maximum absolute atomic E-state index is 12.9. The maximum Gasteiger partial charge on any atom is 0.262 e. The largest absolute Gasteiger partial charge is 0.322 e. The van der Waals surface area contributed by atoms with E-state index in [0.29, 0.717) is 28.8 Å². The number of aromatic nitrogens is 1. The fourth-order valence-corrected chi connectivity index (χ4v) is 3.40. The quantitative estimate of drug-likeness (QED) is 0.725. The first kappa shape index (κ1) is 16.9. The highest BCUT2D eigenvalue weighted by Crippen LogP contribution is 2.27. The summed E-state index contributed by atoms with van der Waals surface area (Å²) >= 11 is 0. The van der Waals surface area contributed by atoms with Crippen molar-refractivity contribution in [3.8, 4) is 0 Å². The third kappa shape index (κ3) is 2.75. The van der Waals surface area contributed by atoms with Gasteiger partial charge in [0.05, 0.1) is 22.3 Å². The standard InChI is InChI=1S/C21H17N3O3/c1-2-17(24-20(26)14-9-3-4-10-15(14)21(24)27)19(25)23-16-11-5-7-13-8-6-12-22-18(13)16/h3-12,17H,2H2,1H3,(H,23,25)/t17-/m0/s1. The number of rotatable bonds is 4. The van der Waals surface area contributed by atoms with Gasteiger partial charge in [-0.1, -0.05) is 37.3 Å². The number of anilines is 1. The van der Waals surface area contributed by atoms with Crippen molar-refractivity contribution in [3.05, 3.63) is 71.9 Å². The highest BCUT2D eigenvalue weighted by molar-refractivity contribution is 6.23. The number of hydrogen-bond acceptors (Lipinski definition) is 4. The molecule has 0 radical (unpaired) electrons. The first-order chi connectivity index (χ1) is 13.1. The molecular formula is C21H17N3O3. The van der Waals surface area contributed by atoms with Gasteiger partial charge in [-0.05, 0) is 30.7 Å². The molecule has 2 heterocycles. The van der Waals surface area contributed by atoms with Crippen LogP contribution in [0.5, 0.6) is 0 Å². The van der Waals surface area contributed by atoms with Crippen molar-refractivity contribution in [3.63, 3.8) is 0 Å². The molecule has 6 heteroatoms. The molecule has 1 atom stereocenters. The molecule has 1 aromatic heterocycles. The molecule has 1 aliphatic heterocycles. The lowest BCUT2D eigenvalue weighted by molar-refractivity contribution is -0.120. The monoisotopic (exact) mass is 359 g/mol. The molecule has 1 aliphatic rings. The molecule has 3 aromatic rings. The van der Waals surface area contributed by atoms with Crippen molar-refractivity contribution in [2.45, 2.75) is 19.4 Å². The van der Waals surface area contributed by atoms with Gasteiger partial charge in [-0.25, -0.2) is 0 Å². The topological polar surface area (TPSA) is 79.4 Å². The molecule has 0 fully saturated rings. The van der Waals surface area contributed by atoms with Crippen LogP contribution in [0.25, 0.3) is 10.9 Å². The van der Waals surface area contributed by atoms with Gasteiger partial charge in [0.2, 0.25) is 5.91 Å². The lowest BCUT2D eigenvalue weighted by Gasteiger charge is -2.24. The van der Waals surface area contributed by atoms with Crippen molar-refractivity contribution in [2.75, 3.05) is 5.32 Å². The molecule has 0 spiro atoms. The number of amides is 3. The molecule has 1 N–H and O–H groups in total. The van der Waals surface area contributed by atoms with E-state index in [1.54, 1.807) is 43.5 Å². The van der Waals surface area contributed by atoms with Crippen LogP contribution in [0.2, 0.25) is 0 Å². The summed E-state index contributed by atoms with van der Waals surface area (Å²) in [6.07, 6.45) is 1.97. The Morgan fingerprint density at radius 1 is 1.00 bits per heavy atom. The van der Waals surface area contributed by atoms with Crippen LogP contribution in [-0.4, -0.2) is 33.6 Å². The Bertz CT molecular complexity index is 1040. The summed E-state index contributed by atoms with van der Waals surface area (Å²) in [5.41, 5.74) is 1.87. The molecule has 0 aliphatic carbocycles. The zero-order valence-corrected chi connectivity index (χ0v) is 14.7. The molecule has 3 amide bonds. The number of nitrogens with zero attached hydrogens (tertiary/aromatic N) is 2. The number of carbonyl (C=O) groups is 3. The molecular weight excluding hydrogens is 342 g/mol. The Morgan fingerprint density at radius 3 is 2.33 bits per heavy atom. The smallest absolute Gasteiger partial charge is 0.262 e. The van der Waals surface area contributed by atoms with Gasteiger partial charge >= 0.3 is 0 Å². The number of hydrogen-bond donors (Lipinski definition) is 1. The summed E-state index contributed by atoms with van der Waals surface area (Å²) in [5, 5.41) is 3.73. The van der Waals surface area contributed by atoms with Crippen LogP contribution in [0.15, 0.2) is 60.8 Å². The Balaban J connectivity index is 1.65. The van der Waals surface area contributed by atoms with Crippen LogP contribution < -0.4 is 5.32 Å². The van der Waals surface area contributed by atoms with Crippen molar-refractivity contribution >= 4 is 34.3 Å². The number of para-hydroxylation sites is 1. The summed E-state index contributed by atoms with van der Waals surface area (Å²) in [6.45, 7) is 1.77. The number of nitrogens with one attached hydrogen (secondary N) is 1. The van der Waals surface area contributed by atoms with E-state index in [1.807, 2.05) is 24.3 Å². The molecule has 0 unspecified atom stereocenters. The Labute approximate surface area is 155 Å².